The summed E-state index contributed by atoms with van der Waals surface area (Å²) in [6.07, 6.45) is 4.17. The normalized spacial score (nSPS) is 11.6. The highest BCUT2D eigenvalue weighted by atomic mass is 79.9. The van der Waals surface area contributed by atoms with Gasteiger partial charge in [-0.15, -0.1) is 0 Å². The number of hydrogen-bond donors (Lipinski definition) is 1. The van der Waals surface area contributed by atoms with Gasteiger partial charge in [0.1, 0.15) is 5.75 Å². The van der Waals surface area contributed by atoms with Gasteiger partial charge >= 0.3 is 0 Å². The molecule has 4 heteroatoms. The minimum atomic E-state index is -0.192. The molecule has 0 saturated carbocycles. The van der Waals surface area contributed by atoms with E-state index in [1.54, 1.807) is 13.2 Å². The fourth-order valence-corrected chi connectivity index (χ4v) is 1.84. The lowest BCUT2D eigenvalue weighted by atomic mass is 10.0. The molecule has 0 heterocycles. The molecule has 104 valence electrons. The molecule has 0 atom stereocenters. The van der Waals surface area contributed by atoms with E-state index in [0.717, 1.165) is 22.2 Å². The number of amides is 1. The van der Waals surface area contributed by atoms with Crippen molar-refractivity contribution < 1.29 is 9.53 Å². The predicted molar refractivity (Wildman–Crippen MR) is 82.2 cm³/mol. The predicted octanol–water partition coefficient (Wildman–Crippen LogP) is 3.78. The Labute approximate surface area is 123 Å². The summed E-state index contributed by atoms with van der Waals surface area (Å²) in [7, 11) is 1.61. The molecule has 1 aromatic rings. The molecular formula is C15H20BrNO2. The van der Waals surface area contributed by atoms with Crippen LogP contribution in [0.3, 0.4) is 0 Å². The number of hydrogen-bond acceptors (Lipinski definition) is 2. The first-order chi connectivity index (χ1) is 8.88. The summed E-state index contributed by atoms with van der Waals surface area (Å²) in [4.78, 5) is 11.8. The third-order valence-corrected chi connectivity index (χ3v) is 3.44. The second-order valence-electron chi connectivity index (χ2n) is 4.95. The lowest BCUT2D eigenvalue weighted by molar-refractivity contribution is -0.117. The Hall–Kier alpha value is -1.29. The van der Waals surface area contributed by atoms with Gasteiger partial charge in [-0.1, -0.05) is 22.9 Å². The molecule has 3 nitrogen and oxygen atoms in total. The summed E-state index contributed by atoms with van der Waals surface area (Å²) in [5.74, 6) is 0.635. The molecular weight excluding hydrogens is 306 g/mol. The SMILES string of the molecule is CCC(C)(C)NC(=O)/C=C/c1cc(Br)ccc1OC. The van der Waals surface area contributed by atoms with Crippen LogP contribution in [-0.4, -0.2) is 18.6 Å². The van der Waals surface area contributed by atoms with E-state index in [9.17, 15) is 4.79 Å². The lowest BCUT2D eigenvalue weighted by Gasteiger charge is -2.23. The molecule has 1 aromatic carbocycles. The molecule has 0 saturated heterocycles. The van der Waals surface area contributed by atoms with Crippen molar-refractivity contribution in [1.29, 1.82) is 0 Å². The standard InChI is InChI=1S/C15H20BrNO2/c1-5-15(2,3)17-14(18)9-6-11-10-12(16)7-8-13(11)19-4/h6-10H,5H2,1-4H3,(H,17,18)/b9-6+. The highest BCUT2D eigenvalue weighted by Crippen LogP contribution is 2.24. The molecule has 0 aromatic heterocycles. The summed E-state index contributed by atoms with van der Waals surface area (Å²) < 4.78 is 6.20. The molecule has 1 N–H and O–H groups in total. The number of ether oxygens (including phenoxy) is 1. The Kier molecular flexibility index (Phi) is 5.60. The summed E-state index contributed by atoms with van der Waals surface area (Å²) >= 11 is 3.40. The van der Waals surface area contributed by atoms with Gasteiger partial charge in [-0.05, 0) is 44.5 Å². The lowest BCUT2D eigenvalue weighted by Crippen LogP contribution is -2.41. The first kappa shape index (κ1) is 15.8. The van der Waals surface area contributed by atoms with Gasteiger partial charge < -0.3 is 10.1 Å². The topological polar surface area (TPSA) is 38.3 Å². The molecule has 0 aliphatic heterocycles. The van der Waals surface area contributed by atoms with Gasteiger partial charge in [-0.2, -0.15) is 0 Å². The van der Waals surface area contributed by atoms with Crippen LogP contribution >= 0.6 is 15.9 Å². The number of carbonyl (C=O) groups is 1. The maximum absolute atomic E-state index is 11.8. The Morgan fingerprint density at radius 3 is 2.74 bits per heavy atom. The van der Waals surface area contributed by atoms with Gasteiger partial charge in [0.25, 0.3) is 0 Å². The number of rotatable bonds is 5. The van der Waals surface area contributed by atoms with Crippen LogP contribution in [0.25, 0.3) is 6.08 Å². The quantitative estimate of drug-likeness (QED) is 0.837. The monoisotopic (exact) mass is 325 g/mol. The van der Waals surface area contributed by atoms with Crippen molar-refractivity contribution in [2.24, 2.45) is 0 Å². The van der Waals surface area contributed by atoms with Crippen LogP contribution in [0.2, 0.25) is 0 Å². The molecule has 0 bridgehead atoms. The molecule has 0 aliphatic carbocycles. The van der Waals surface area contributed by atoms with Crippen molar-refractivity contribution in [3.63, 3.8) is 0 Å². The summed E-state index contributed by atoms with van der Waals surface area (Å²) in [5.41, 5.74) is 0.671. The van der Waals surface area contributed by atoms with Crippen LogP contribution < -0.4 is 10.1 Å². The van der Waals surface area contributed by atoms with Crippen molar-refractivity contribution in [3.8, 4) is 5.75 Å². The van der Waals surface area contributed by atoms with Gasteiger partial charge in [-0.25, -0.2) is 0 Å². The summed E-state index contributed by atoms with van der Waals surface area (Å²) in [5, 5.41) is 2.95. The number of carbonyl (C=O) groups excluding carboxylic acids is 1. The smallest absolute Gasteiger partial charge is 0.244 e. The number of halogens is 1. The van der Waals surface area contributed by atoms with Crippen molar-refractivity contribution in [2.45, 2.75) is 32.7 Å². The minimum Gasteiger partial charge on any atom is -0.496 e. The van der Waals surface area contributed by atoms with E-state index in [1.807, 2.05) is 39.0 Å². The van der Waals surface area contributed by atoms with Crippen LogP contribution in [-0.2, 0) is 4.79 Å². The maximum Gasteiger partial charge on any atom is 0.244 e. The zero-order valence-corrected chi connectivity index (χ0v) is 13.4. The van der Waals surface area contributed by atoms with E-state index in [-0.39, 0.29) is 11.4 Å². The summed E-state index contributed by atoms with van der Waals surface area (Å²) in [6.45, 7) is 6.04. The van der Waals surface area contributed by atoms with Crippen LogP contribution in [0.15, 0.2) is 28.7 Å². The fraction of sp³-hybridized carbons (Fsp3) is 0.400. The largest absolute Gasteiger partial charge is 0.496 e. The van der Waals surface area contributed by atoms with Gasteiger partial charge in [0, 0.05) is 21.7 Å². The Morgan fingerprint density at radius 1 is 1.47 bits per heavy atom. The maximum atomic E-state index is 11.8. The van der Waals surface area contributed by atoms with Crippen LogP contribution in [0, 0.1) is 0 Å². The molecule has 0 spiro atoms. The third-order valence-electron chi connectivity index (χ3n) is 2.95. The molecule has 0 radical (unpaired) electrons. The zero-order valence-electron chi connectivity index (χ0n) is 11.8. The van der Waals surface area contributed by atoms with Crippen LogP contribution in [0.1, 0.15) is 32.8 Å². The van der Waals surface area contributed by atoms with E-state index >= 15 is 0 Å². The molecule has 1 rings (SSSR count). The number of methoxy groups -OCH3 is 1. The summed E-state index contributed by atoms with van der Waals surface area (Å²) in [6, 6.07) is 5.67. The van der Waals surface area contributed by atoms with E-state index in [4.69, 9.17) is 4.74 Å². The van der Waals surface area contributed by atoms with Crippen molar-refractivity contribution in [1.82, 2.24) is 5.32 Å². The van der Waals surface area contributed by atoms with Crippen molar-refractivity contribution in [2.75, 3.05) is 7.11 Å². The zero-order chi connectivity index (χ0) is 14.5. The van der Waals surface area contributed by atoms with Gasteiger partial charge in [0.05, 0.1) is 7.11 Å². The van der Waals surface area contributed by atoms with E-state index in [2.05, 4.69) is 21.2 Å². The Bertz CT molecular complexity index is 481. The minimum absolute atomic E-state index is 0.103. The Balaban J connectivity index is 2.81. The highest BCUT2D eigenvalue weighted by molar-refractivity contribution is 9.10. The number of nitrogens with one attached hydrogen (secondary N) is 1. The first-order valence-corrected chi connectivity index (χ1v) is 7.01. The van der Waals surface area contributed by atoms with E-state index < -0.39 is 0 Å². The Morgan fingerprint density at radius 2 is 2.16 bits per heavy atom. The second kappa shape index (κ2) is 6.75. The molecule has 0 unspecified atom stereocenters. The van der Waals surface area contributed by atoms with Gasteiger partial charge in [-0.3, -0.25) is 4.79 Å². The average Bonchev–Trinajstić information content (AvgIpc) is 2.36. The van der Waals surface area contributed by atoms with Crippen LogP contribution in [0.5, 0.6) is 5.75 Å². The first-order valence-electron chi connectivity index (χ1n) is 6.21. The van der Waals surface area contributed by atoms with Crippen molar-refractivity contribution in [3.05, 3.63) is 34.3 Å². The third kappa shape index (κ3) is 5.07. The fourth-order valence-electron chi connectivity index (χ4n) is 1.46. The molecule has 0 fully saturated rings. The molecule has 0 aliphatic rings. The molecule has 1 amide bonds. The van der Waals surface area contributed by atoms with Crippen LogP contribution in [0.4, 0.5) is 0 Å². The van der Waals surface area contributed by atoms with E-state index in [1.165, 1.54) is 6.08 Å². The second-order valence-corrected chi connectivity index (χ2v) is 5.86. The van der Waals surface area contributed by atoms with Gasteiger partial charge in [0.15, 0.2) is 0 Å². The number of benzene rings is 1. The van der Waals surface area contributed by atoms with E-state index in [0.29, 0.717) is 0 Å². The average molecular weight is 326 g/mol. The molecule has 19 heavy (non-hydrogen) atoms. The van der Waals surface area contributed by atoms with Crippen molar-refractivity contribution >= 4 is 27.9 Å². The highest BCUT2D eigenvalue weighted by Gasteiger charge is 2.15. The van der Waals surface area contributed by atoms with Gasteiger partial charge in [0.2, 0.25) is 5.91 Å².